The average molecular weight is 413 g/mol. The van der Waals surface area contributed by atoms with E-state index in [-0.39, 0.29) is 29.5 Å². The number of amides is 2. The maximum atomic E-state index is 12.6. The molecule has 2 aliphatic heterocycles. The Bertz CT molecular complexity index is 697. The number of ether oxygens (including phenoxy) is 2. The molecule has 0 saturated carbocycles. The van der Waals surface area contributed by atoms with Gasteiger partial charge >= 0.3 is 11.9 Å². The van der Waals surface area contributed by atoms with Gasteiger partial charge in [0.25, 0.3) is 0 Å². The highest BCUT2D eigenvalue weighted by Gasteiger charge is 2.54. The van der Waals surface area contributed by atoms with Crippen LogP contribution in [0.2, 0.25) is 0 Å². The minimum Gasteiger partial charge on any atom is -0.427 e. The highest BCUT2D eigenvalue weighted by Crippen LogP contribution is 2.47. The monoisotopic (exact) mass is 412 g/mol. The summed E-state index contributed by atoms with van der Waals surface area (Å²) in [6, 6.07) is -0.0274. The molecule has 1 fully saturated rings. The molecule has 2 aliphatic rings. The fraction of sp³-hybridized carbons (Fsp3) is 0.684. The van der Waals surface area contributed by atoms with Crippen molar-refractivity contribution < 1.29 is 28.7 Å². The molecule has 0 aromatic rings. The summed E-state index contributed by atoms with van der Waals surface area (Å²) < 4.78 is 10.1. The number of nitrogens with zero attached hydrogens (tertiary/aromatic N) is 1. The molecule has 0 spiro atoms. The Hall–Kier alpha value is -2.03. The Morgan fingerprint density at radius 1 is 1.25 bits per heavy atom. The molecule has 0 radical (unpaired) electrons. The second kappa shape index (κ2) is 8.98. The first-order chi connectivity index (χ1) is 13.1. The Balaban J connectivity index is 2.02. The third-order valence-electron chi connectivity index (χ3n) is 4.63. The molecule has 156 valence electrons. The fourth-order valence-corrected chi connectivity index (χ4v) is 4.20. The van der Waals surface area contributed by atoms with Gasteiger partial charge < -0.3 is 19.7 Å². The molecular formula is C19H28N2O6S. The molecule has 9 heteroatoms. The molecule has 2 unspecified atom stereocenters. The smallest absolute Gasteiger partial charge is 0.358 e. The Labute approximate surface area is 169 Å². The lowest BCUT2D eigenvalue weighted by Gasteiger charge is -2.43. The first-order valence-electron chi connectivity index (χ1n) is 9.35. The highest BCUT2D eigenvalue weighted by molar-refractivity contribution is 8.03. The molecule has 0 aromatic carbocycles. The van der Waals surface area contributed by atoms with Crippen LogP contribution < -0.4 is 5.32 Å². The van der Waals surface area contributed by atoms with E-state index in [1.54, 1.807) is 20.8 Å². The van der Waals surface area contributed by atoms with Crippen LogP contribution in [0.3, 0.4) is 0 Å². The van der Waals surface area contributed by atoms with Gasteiger partial charge in [0.2, 0.25) is 18.6 Å². The largest absolute Gasteiger partial charge is 0.427 e. The molecule has 1 saturated heterocycles. The zero-order valence-electron chi connectivity index (χ0n) is 17.0. The quantitative estimate of drug-likeness (QED) is 0.281. The predicted molar refractivity (Wildman–Crippen MR) is 104 cm³/mol. The normalized spacial score (nSPS) is 21.2. The van der Waals surface area contributed by atoms with Gasteiger partial charge in [-0.1, -0.05) is 6.92 Å². The number of thioether (sulfide) groups is 1. The summed E-state index contributed by atoms with van der Waals surface area (Å²) in [6.45, 7) is 8.47. The molecule has 2 heterocycles. The summed E-state index contributed by atoms with van der Waals surface area (Å²) in [5, 5.41) is 2.70. The van der Waals surface area contributed by atoms with Crippen molar-refractivity contribution in [1.29, 1.82) is 0 Å². The van der Waals surface area contributed by atoms with E-state index in [0.29, 0.717) is 18.7 Å². The molecule has 8 nitrogen and oxygen atoms in total. The van der Waals surface area contributed by atoms with E-state index < -0.39 is 24.1 Å². The molecule has 28 heavy (non-hydrogen) atoms. The van der Waals surface area contributed by atoms with Crippen LogP contribution in [0.5, 0.6) is 0 Å². The zero-order valence-corrected chi connectivity index (χ0v) is 17.8. The summed E-state index contributed by atoms with van der Waals surface area (Å²) in [6.07, 6.45) is 1.32. The van der Waals surface area contributed by atoms with Gasteiger partial charge in [-0.05, 0) is 27.2 Å². The first kappa shape index (κ1) is 22.3. The van der Waals surface area contributed by atoms with Crippen LogP contribution in [0, 0.1) is 11.3 Å². The number of hydrogen-bond acceptors (Lipinski definition) is 7. The van der Waals surface area contributed by atoms with Gasteiger partial charge in [0.05, 0.1) is 17.4 Å². The number of carbonyl (C=O) groups is 4. The first-order valence-corrected chi connectivity index (χ1v) is 10.3. The predicted octanol–water partition coefficient (Wildman–Crippen LogP) is 1.80. The lowest BCUT2D eigenvalue weighted by molar-refractivity contribution is -0.174. The number of rotatable bonds is 8. The number of nitrogens with one attached hydrogen (secondary N) is 1. The van der Waals surface area contributed by atoms with Crippen LogP contribution in [0.4, 0.5) is 0 Å². The molecule has 0 aromatic heterocycles. The minimum atomic E-state index is -0.698. The van der Waals surface area contributed by atoms with Gasteiger partial charge in [-0.3, -0.25) is 14.4 Å². The second-order valence-electron chi connectivity index (χ2n) is 7.83. The average Bonchev–Trinajstić information content (AvgIpc) is 2.93. The van der Waals surface area contributed by atoms with Crippen LogP contribution in [-0.4, -0.2) is 53.8 Å². The van der Waals surface area contributed by atoms with Crippen molar-refractivity contribution in [2.24, 2.45) is 11.3 Å². The third kappa shape index (κ3) is 4.87. The molecule has 0 aliphatic carbocycles. The van der Waals surface area contributed by atoms with Gasteiger partial charge in [-0.15, -0.1) is 11.8 Å². The van der Waals surface area contributed by atoms with E-state index in [1.165, 1.54) is 23.6 Å². The summed E-state index contributed by atoms with van der Waals surface area (Å²) in [5.74, 6) is -0.857. The van der Waals surface area contributed by atoms with Crippen molar-refractivity contribution in [3.63, 3.8) is 0 Å². The van der Waals surface area contributed by atoms with Crippen molar-refractivity contribution >= 4 is 35.5 Å². The molecule has 1 N–H and O–H groups in total. The Morgan fingerprint density at radius 3 is 2.50 bits per heavy atom. The molecular weight excluding hydrogens is 384 g/mol. The van der Waals surface area contributed by atoms with Gasteiger partial charge in [-0.25, -0.2) is 4.79 Å². The minimum absolute atomic E-state index is 0.0274. The number of esters is 2. The zero-order chi connectivity index (χ0) is 21.1. The molecule has 2 rings (SSSR count). The lowest BCUT2D eigenvalue weighted by Crippen LogP contribution is -2.58. The van der Waals surface area contributed by atoms with Crippen LogP contribution in [-0.2, 0) is 28.7 Å². The van der Waals surface area contributed by atoms with Crippen LogP contribution >= 0.6 is 11.8 Å². The van der Waals surface area contributed by atoms with Gasteiger partial charge in [0.1, 0.15) is 5.70 Å². The van der Waals surface area contributed by atoms with Crippen molar-refractivity contribution in [1.82, 2.24) is 10.2 Å². The van der Waals surface area contributed by atoms with Gasteiger partial charge in [-0.2, -0.15) is 0 Å². The number of carbonyl (C=O) groups excluding carboxylic acids is 4. The highest BCUT2D eigenvalue weighted by atomic mass is 32.2. The topological polar surface area (TPSA) is 102 Å². The maximum absolute atomic E-state index is 12.6. The van der Waals surface area contributed by atoms with E-state index in [0.717, 1.165) is 11.3 Å². The van der Waals surface area contributed by atoms with Crippen molar-refractivity contribution in [3.05, 3.63) is 10.6 Å². The van der Waals surface area contributed by atoms with Crippen molar-refractivity contribution in [2.75, 3.05) is 19.1 Å². The van der Waals surface area contributed by atoms with Crippen LogP contribution in [0.1, 0.15) is 47.5 Å². The Morgan fingerprint density at radius 2 is 1.93 bits per heavy atom. The summed E-state index contributed by atoms with van der Waals surface area (Å²) >= 11 is 1.43. The van der Waals surface area contributed by atoms with E-state index in [4.69, 9.17) is 9.47 Å². The second-order valence-corrected chi connectivity index (χ2v) is 9.02. The fourth-order valence-electron chi connectivity index (χ4n) is 3.14. The van der Waals surface area contributed by atoms with Gasteiger partial charge in [0.15, 0.2) is 0 Å². The number of fused-ring (bicyclic) bond motifs is 1. The van der Waals surface area contributed by atoms with Crippen LogP contribution in [0.25, 0.3) is 0 Å². The standard InChI is InChI=1S/C19H28N2O6S/c1-6-12-13-9-14(28-8-7-20-11(2)22)15(21(13)16(12)23)17(24)26-10-27-18(25)19(3,4)5/h12-13H,6-10H2,1-5H3,(H,20,22). The maximum Gasteiger partial charge on any atom is 0.358 e. The summed E-state index contributed by atoms with van der Waals surface area (Å²) in [5.41, 5.74) is -0.462. The van der Waals surface area contributed by atoms with E-state index in [1.807, 2.05) is 6.92 Å². The summed E-state index contributed by atoms with van der Waals surface area (Å²) in [7, 11) is 0. The lowest BCUT2D eigenvalue weighted by atomic mass is 9.85. The molecule has 2 amide bonds. The van der Waals surface area contributed by atoms with E-state index in [2.05, 4.69) is 5.32 Å². The Kier molecular flexibility index (Phi) is 7.14. The van der Waals surface area contributed by atoms with Crippen molar-refractivity contribution in [2.45, 2.75) is 53.5 Å². The number of hydrogen-bond donors (Lipinski definition) is 1. The summed E-state index contributed by atoms with van der Waals surface area (Å²) in [4.78, 5) is 50.1. The van der Waals surface area contributed by atoms with Gasteiger partial charge in [0, 0.05) is 30.5 Å². The van der Waals surface area contributed by atoms with E-state index in [9.17, 15) is 19.2 Å². The van der Waals surface area contributed by atoms with E-state index >= 15 is 0 Å². The third-order valence-corrected chi connectivity index (χ3v) is 5.74. The van der Waals surface area contributed by atoms with Crippen molar-refractivity contribution in [3.8, 4) is 0 Å². The molecule has 2 atom stereocenters. The number of β-lactam (4-membered cyclic amide) rings is 1. The SMILES string of the molecule is CCC1C(=O)N2C(C(=O)OCOC(=O)C(C)(C)C)=C(SCCNC(C)=O)CC12. The molecule has 0 bridgehead atoms. The van der Waals surface area contributed by atoms with Crippen LogP contribution in [0.15, 0.2) is 10.6 Å².